The summed E-state index contributed by atoms with van der Waals surface area (Å²) in [6.45, 7) is 0. The van der Waals surface area contributed by atoms with Gasteiger partial charge in [-0.2, -0.15) is 0 Å². The third-order valence-electron chi connectivity index (χ3n) is 3.31. The largest absolute Gasteiger partial charge is 0.455 e. The number of nitrogens with one attached hydrogen (secondary N) is 1. The maximum Gasteiger partial charge on any atom is 0.143 e. The first-order valence-electron chi connectivity index (χ1n) is 6.80. The number of rotatable bonds is 2. The van der Waals surface area contributed by atoms with Gasteiger partial charge in [-0.25, -0.2) is 0 Å². The Morgan fingerprint density at radius 2 is 1.48 bits per heavy atom. The van der Waals surface area contributed by atoms with Crippen molar-refractivity contribution in [3.8, 4) is 11.5 Å². The first-order chi connectivity index (χ1) is 10.4. The fourth-order valence-electron chi connectivity index (χ4n) is 2.32. The van der Waals surface area contributed by atoms with E-state index in [9.17, 15) is 0 Å². The zero-order valence-electron chi connectivity index (χ0n) is 11.2. The van der Waals surface area contributed by atoms with Crippen molar-refractivity contribution >= 4 is 23.1 Å². The average Bonchev–Trinajstić information content (AvgIpc) is 2.54. The molecule has 0 fully saturated rings. The minimum Gasteiger partial charge on any atom is -0.455 e. The van der Waals surface area contributed by atoms with Gasteiger partial charge < -0.3 is 10.1 Å². The second-order valence-electron chi connectivity index (χ2n) is 4.77. The van der Waals surface area contributed by atoms with Crippen molar-refractivity contribution < 1.29 is 4.74 Å². The zero-order chi connectivity index (χ0) is 14.1. The molecule has 0 bridgehead atoms. The molecule has 0 amide bonds. The highest BCUT2D eigenvalue weighted by molar-refractivity contribution is 7.99. The second kappa shape index (κ2) is 5.19. The van der Waals surface area contributed by atoms with Crippen LogP contribution in [0.1, 0.15) is 0 Å². The van der Waals surface area contributed by atoms with Gasteiger partial charge in [0.25, 0.3) is 0 Å². The number of para-hydroxylation sites is 2. The Hall–Kier alpha value is -2.39. The molecule has 2 nitrogen and oxygen atoms in total. The van der Waals surface area contributed by atoms with Crippen molar-refractivity contribution in [2.45, 2.75) is 9.79 Å². The highest BCUT2D eigenvalue weighted by Crippen LogP contribution is 2.50. The van der Waals surface area contributed by atoms with Gasteiger partial charge in [0.2, 0.25) is 0 Å². The van der Waals surface area contributed by atoms with Crippen LogP contribution in [-0.4, -0.2) is 0 Å². The Bertz CT molecular complexity index is 786. The first-order valence-corrected chi connectivity index (χ1v) is 7.62. The number of benzene rings is 3. The Labute approximate surface area is 127 Å². The van der Waals surface area contributed by atoms with Gasteiger partial charge >= 0.3 is 0 Å². The van der Waals surface area contributed by atoms with Crippen LogP contribution in [0.5, 0.6) is 11.5 Å². The molecule has 3 heteroatoms. The number of hydrogen-bond donors (Lipinski definition) is 1. The highest BCUT2D eigenvalue weighted by Gasteiger charge is 2.20. The molecule has 0 unspecified atom stereocenters. The monoisotopic (exact) mass is 291 g/mol. The summed E-state index contributed by atoms with van der Waals surface area (Å²) in [5.74, 6) is 1.83. The molecule has 1 aliphatic rings. The van der Waals surface area contributed by atoms with E-state index in [1.165, 1.54) is 0 Å². The minimum absolute atomic E-state index is 0.902. The summed E-state index contributed by atoms with van der Waals surface area (Å²) in [5, 5.41) is 3.46. The van der Waals surface area contributed by atoms with E-state index >= 15 is 0 Å². The van der Waals surface area contributed by atoms with Gasteiger partial charge in [0.05, 0.1) is 15.5 Å². The van der Waals surface area contributed by atoms with Gasteiger partial charge in [0.1, 0.15) is 11.5 Å². The van der Waals surface area contributed by atoms with Crippen molar-refractivity contribution in [1.82, 2.24) is 0 Å². The van der Waals surface area contributed by atoms with Crippen LogP contribution >= 0.6 is 11.8 Å². The summed E-state index contributed by atoms with van der Waals surface area (Å²) in [5.41, 5.74) is 2.14. The number of anilines is 2. The van der Waals surface area contributed by atoms with Gasteiger partial charge in [-0.3, -0.25) is 0 Å². The molecule has 0 saturated heterocycles. The van der Waals surface area contributed by atoms with E-state index in [0.29, 0.717) is 0 Å². The third kappa shape index (κ3) is 2.36. The van der Waals surface area contributed by atoms with Gasteiger partial charge in [0.15, 0.2) is 0 Å². The molecule has 3 aromatic rings. The molecule has 1 aliphatic heterocycles. The first kappa shape index (κ1) is 12.4. The molecule has 0 aliphatic carbocycles. The van der Waals surface area contributed by atoms with Crippen LogP contribution < -0.4 is 10.1 Å². The molecule has 0 atom stereocenters. The zero-order valence-corrected chi connectivity index (χ0v) is 12.1. The Balaban J connectivity index is 1.73. The van der Waals surface area contributed by atoms with Crippen LogP contribution in [0, 0.1) is 0 Å². The average molecular weight is 291 g/mol. The minimum atomic E-state index is 0.902. The van der Waals surface area contributed by atoms with E-state index in [1.807, 2.05) is 48.5 Å². The molecule has 1 N–H and O–H groups in total. The van der Waals surface area contributed by atoms with E-state index in [1.54, 1.807) is 11.8 Å². The molecule has 0 saturated carbocycles. The van der Waals surface area contributed by atoms with E-state index in [-0.39, 0.29) is 0 Å². The van der Waals surface area contributed by atoms with E-state index in [4.69, 9.17) is 4.74 Å². The SMILES string of the molecule is c1ccc(Nc2cccc3c2Sc2ccccc2O3)cc1. The van der Waals surface area contributed by atoms with Crippen molar-refractivity contribution in [3.05, 3.63) is 72.8 Å². The van der Waals surface area contributed by atoms with Crippen molar-refractivity contribution in [3.63, 3.8) is 0 Å². The molecule has 1 heterocycles. The Morgan fingerprint density at radius 1 is 0.714 bits per heavy atom. The molecule has 3 aromatic carbocycles. The predicted molar refractivity (Wildman–Crippen MR) is 86.8 cm³/mol. The maximum atomic E-state index is 5.99. The summed E-state index contributed by atoms with van der Waals surface area (Å²) >= 11 is 1.74. The molecular weight excluding hydrogens is 278 g/mol. The van der Waals surface area contributed by atoms with Gasteiger partial charge in [-0.05, 0) is 36.4 Å². The van der Waals surface area contributed by atoms with Crippen LogP contribution in [0.4, 0.5) is 11.4 Å². The Kier molecular flexibility index (Phi) is 3.05. The van der Waals surface area contributed by atoms with E-state index in [2.05, 4.69) is 29.6 Å². The normalized spacial score (nSPS) is 12.0. The lowest BCUT2D eigenvalue weighted by Crippen LogP contribution is -1.99. The van der Waals surface area contributed by atoms with Crippen LogP contribution in [0.2, 0.25) is 0 Å². The summed E-state index contributed by atoms with van der Waals surface area (Å²) < 4.78 is 5.99. The smallest absolute Gasteiger partial charge is 0.143 e. The summed E-state index contributed by atoms with van der Waals surface area (Å²) in [6.07, 6.45) is 0. The second-order valence-corrected chi connectivity index (χ2v) is 5.83. The van der Waals surface area contributed by atoms with Crippen molar-refractivity contribution in [2.75, 3.05) is 5.32 Å². The van der Waals surface area contributed by atoms with Crippen molar-refractivity contribution in [2.24, 2.45) is 0 Å². The molecule has 0 aromatic heterocycles. The summed E-state index contributed by atoms with van der Waals surface area (Å²) in [4.78, 5) is 2.27. The van der Waals surface area contributed by atoms with Crippen LogP contribution in [0.25, 0.3) is 0 Å². The van der Waals surface area contributed by atoms with E-state index < -0.39 is 0 Å². The Morgan fingerprint density at radius 3 is 2.38 bits per heavy atom. The fourth-order valence-corrected chi connectivity index (χ4v) is 3.34. The van der Waals surface area contributed by atoms with E-state index in [0.717, 1.165) is 32.7 Å². The maximum absolute atomic E-state index is 5.99. The lowest BCUT2D eigenvalue weighted by Gasteiger charge is -2.22. The summed E-state index contributed by atoms with van der Waals surface area (Å²) in [7, 11) is 0. The highest BCUT2D eigenvalue weighted by atomic mass is 32.2. The van der Waals surface area contributed by atoms with Crippen LogP contribution in [0.3, 0.4) is 0 Å². The number of ether oxygens (including phenoxy) is 1. The number of fused-ring (bicyclic) bond motifs is 2. The number of hydrogen-bond acceptors (Lipinski definition) is 3. The fraction of sp³-hybridized carbons (Fsp3) is 0. The topological polar surface area (TPSA) is 21.3 Å². The van der Waals surface area contributed by atoms with Gasteiger partial charge in [-0.15, -0.1) is 0 Å². The van der Waals surface area contributed by atoms with Crippen LogP contribution in [-0.2, 0) is 0 Å². The quantitative estimate of drug-likeness (QED) is 0.513. The van der Waals surface area contributed by atoms with Crippen LogP contribution in [0.15, 0.2) is 82.6 Å². The molecule has 102 valence electrons. The molecule has 0 spiro atoms. The molecule has 0 radical (unpaired) electrons. The third-order valence-corrected chi connectivity index (χ3v) is 4.50. The van der Waals surface area contributed by atoms with Gasteiger partial charge in [-0.1, -0.05) is 48.2 Å². The lowest BCUT2D eigenvalue weighted by molar-refractivity contribution is 0.455. The lowest BCUT2D eigenvalue weighted by atomic mass is 10.2. The predicted octanol–water partition coefficient (Wildman–Crippen LogP) is 5.69. The molecule has 21 heavy (non-hydrogen) atoms. The standard InChI is InChI=1S/C18H13NOS/c1-2-7-13(8-3-1)19-14-9-6-11-16-18(14)21-17-12-5-4-10-15(17)20-16/h1-12,19H. The summed E-state index contributed by atoms with van der Waals surface area (Å²) in [6, 6.07) is 24.4. The van der Waals surface area contributed by atoms with Crippen molar-refractivity contribution in [1.29, 1.82) is 0 Å². The molecular formula is C18H13NOS. The molecule has 4 rings (SSSR count). The van der Waals surface area contributed by atoms with Gasteiger partial charge in [0, 0.05) is 5.69 Å².